The molecule has 0 saturated heterocycles. The molecular weight excluding hydrogens is 451 g/mol. The molecule has 1 aromatic carbocycles. The molecule has 0 radical (unpaired) electrons. The average molecular weight is 472 g/mol. The molecule has 2 amide bonds. The van der Waals surface area contributed by atoms with Crippen molar-refractivity contribution in [3.05, 3.63) is 35.0 Å². The summed E-state index contributed by atoms with van der Waals surface area (Å²) in [5, 5.41) is 9.05. The summed E-state index contributed by atoms with van der Waals surface area (Å²) in [4.78, 5) is 26.5. The first-order chi connectivity index (χ1) is 15.6. The maximum Gasteiger partial charge on any atom is 0.324 e. The van der Waals surface area contributed by atoms with E-state index >= 15 is 0 Å². The highest BCUT2D eigenvalue weighted by atomic mass is 19.3. The molecule has 0 spiro atoms. The van der Waals surface area contributed by atoms with Crippen LogP contribution in [0.5, 0.6) is 0 Å². The number of hydrogen-bond acceptors (Lipinski definition) is 5. The second kappa shape index (κ2) is 8.71. The van der Waals surface area contributed by atoms with Gasteiger partial charge in [0.1, 0.15) is 5.82 Å². The number of carbonyl (C=O) groups excluding carboxylic acids is 2. The predicted octanol–water partition coefficient (Wildman–Crippen LogP) is 4.24. The van der Waals surface area contributed by atoms with Crippen molar-refractivity contribution in [3.63, 3.8) is 0 Å². The molecule has 0 bridgehead atoms. The lowest BCUT2D eigenvalue weighted by atomic mass is 9.89. The molecule has 2 atom stereocenters. The molecule has 1 fully saturated rings. The van der Waals surface area contributed by atoms with Gasteiger partial charge in [0.25, 0.3) is 17.7 Å². The molecule has 1 aliphatic heterocycles. The van der Waals surface area contributed by atoms with Crippen molar-refractivity contribution in [2.75, 3.05) is 0 Å². The number of fused-ring (bicyclic) bond motifs is 1. The minimum absolute atomic E-state index is 0.00339. The number of hydrogen-bond donors (Lipinski definition) is 1. The molecule has 2 aliphatic rings. The van der Waals surface area contributed by atoms with E-state index in [4.69, 9.17) is 4.42 Å². The first-order valence-electron chi connectivity index (χ1n) is 10.6. The van der Waals surface area contributed by atoms with Crippen LogP contribution < -0.4 is 5.32 Å². The molecule has 1 N–H and O–H groups in total. The van der Waals surface area contributed by atoms with Gasteiger partial charge in [0, 0.05) is 29.2 Å². The maximum atomic E-state index is 14.8. The van der Waals surface area contributed by atoms with Gasteiger partial charge in [-0.2, -0.15) is 17.6 Å². The summed E-state index contributed by atoms with van der Waals surface area (Å²) in [6.07, 6.45) is -1.38. The van der Waals surface area contributed by atoms with Crippen molar-refractivity contribution in [3.8, 4) is 11.5 Å². The molecule has 1 aliphatic carbocycles. The highest BCUT2D eigenvalue weighted by molar-refractivity contribution is 5.99. The molecule has 2 aromatic rings. The maximum absolute atomic E-state index is 14.8. The summed E-state index contributed by atoms with van der Waals surface area (Å²) in [5.41, 5.74) is 0.0557. The zero-order valence-corrected chi connectivity index (χ0v) is 17.6. The molecular formula is C21H21F5N4O3. The number of carbonyl (C=O) groups is 2. The number of alkyl halides is 4. The van der Waals surface area contributed by atoms with Gasteiger partial charge in [-0.1, -0.05) is 19.8 Å². The van der Waals surface area contributed by atoms with E-state index in [0.29, 0.717) is 25.7 Å². The van der Waals surface area contributed by atoms with E-state index in [1.807, 2.05) is 0 Å². The van der Waals surface area contributed by atoms with E-state index in [1.54, 1.807) is 0 Å². The van der Waals surface area contributed by atoms with Crippen LogP contribution in [0.25, 0.3) is 11.5 Å². The SMILES string of the molecule is CCC(F)(F)C(=O)N[C@@H]1CCCCC1N1Cc2c(F)cc(-c3nnc(C(F)F)o3)cc2C1=O. The summed E-state index contributed by atoms with van der Waals surface area (Å²) in [6.45, 7) is 1.10. The Labute approximate surface area is 185 Å². The van der Waals surface area contributed by atoms with E-state index in [1.165, 1.54) is 17.9 Å². The Bertz CT molecular complexity index is 1070. The van der Waals surface area contributed by atoms with Gasteiger partial charge >= 0.3 is 12.3 Å². The number of benzene rings is 1. The van der Waals surface area contributed by atoms with Crippen LogP contribution in [0.2, 0.25) is 0 Å². The Kier molecular flexibility index (Phi) is 6.10. The Balaban J connectivity index is 1.59. The van der Waals surface area contributed by atoms with Crippen LogP contribution in [-0.2, 0) is 11.3 Å². The first-order valence-corrected chi connectivity index (χ1v) is 10.6. The fourth-order valence-corrected chi connectivity index (χ4v) is 4.30. The Hall–Kier alpha value is -3.05. The van der Waals surface area contributed by atoms with Crippen LogP contribution in [0.15, 0.2) is 16.5 Å². The lowest BCUT2D eigenvalue weighted by Gasteiger charge is -2.38. The monoisotopic (exact) mass is 472 g/mol. The van der Waals surface area contributed by atoms with E-state index in [-0.39, 0.29) is 29.1 Å². The zero-order valence-electron chi connectivity index (χ0n) is 17.6. The third kappa shape index (κ3) is 4.30. The topological polar surface area (TPSA) is 88.3 Å². The normalized spacial score (nSPS) is 20.9. The average Bonchev–Trinajstić information content (AvgIpc) is 3.40. The van der Waals surface area contributed by atoms with Crippen molar-refractivity contribution in [2.24, 2.45) is 0 Å². The summed E-state index contributed by atoms with van der Waals surface area (Å²) in [5.74, 6) is -7.52. The number of nitrogens with one attached hydrogen (secondary N) is 1. The Morgan fingerprint density at radius 3 is 2.67 bits per heavy atom. The smallest absolute Gasteiger partial charge is 0.324 e. The largest absolute Gasteiger partial charge is 0.415 e. The highest BCUT2D eigenvalue weighted by Crippen LogP contribution is 2.35. The van der Waals surface area contributed by atoms with E-state index in [0.717, 1.165) is 6.07 Å². The van der Waals surface area contributed by atoms with Crippen LogP contribution in [0, 0.1) is 5.82 Å². The van der Waals surface area contributed by atoms with Gasteiger partial charge in [-0.3, -0.25) is 9.59 Å². The molecule has 1 aromatic heterocycles. The van der Waals surface area contributed by atoms with Gasteiger partial charge in [0.05, 0.1) is 12.6 Å². The number of halogens is 5. The number of amides is 2. The second-order valence-electron chi connectivity index (χ2n) is 8.15. The third-order valence-electron chi connectivity index (χ3n) is 6.11. The first kappa shape index (κ1) is 23.1. The lowest BCUT2D eigenvalue weighted by molar-refractivity contribution is -0.147. The van der Waals surface area contributed by atoms with Crippen LogP contribution in [0.3, 0.4) is 0 Å². The molecule has 7 nitrogen and oxygen atoms in total. The van der Waals surface area contributed by atoms with Crippen molar-refractivity contribution < 1.29 is 36.0 Å². The zero-order chi connectivity index (χ0) is 23.9. The summed E-state index contributed by atoms with van der Waals surface area (Å²) in [7, 11) is 0. The van der Waals surface area contributed by atoms with Crippen LogP contribution in [-0.4, -0.2) is 44.9 Å². The molecule has 33 heavy (non-hydrogen) atoms. The quantitative estimate of drug-likeness (QED) is 0.636. The molecule has 178 valence electrons. The highest BCUT2D eigenvalue weighted by Gasteiger charge is 2.43. The molecule has 4 rings (SSSR count). The van der Waals surface area contributed by atoms with Gasteiger partial charge in [-0.15, -0.1) is 10.2 Å². The van der Waals surface area contributed by atoms with Gasteiger partial charge < -0.3 is 14.6 Å². The predicted molar refractivity (Wildman–Crippen MR) is 104 cm³/mol. The Morgan fingerprint density at radius 1 is 1.27 bits per heavy atom. The fraction of sp³-hybridized carbons (Fsp3) is 0.524. The summed E-state index contributed by atoms with van der Waals surface area (Å²) in [6, 6.07) is 1.01. The minimum Gasteiger partial charge on any atom is -0.415 e. The number of nitrogens with zero attached hydrogens (tertiary/aromatic N) is 3. The van der Waals surface area contributed by atoms with Crippen molar-refractivity contribution >= 4 is 11.8 Å². The molecule has 1 saturated carbocycles. The fourth-order valence-electron chi connectivity index (χ4n) is 4.30. The third-order valence-corrected chi connectivity index (χ3v) is 6.11. The molecule has 1 unspecified atom stereocenters. The molecule has 2 heterocycles. The van der Waals surface area contributed by atoms with Gasteiger partial charge in [0.15, 0.2) is 0 Å². The summed E-state index contributed by atoms with van der Waals surface area (Å²) < 4.78 is 72.7. The lowest BCUT2D eigenvalue weighted by Crippen LogP contribution is -2.56. The van der Waals surface area contributed by atoms with Gasteiger partial charge in [0.2, 0.25) is 5.89 Å². The Morgan fingerprint density at radius 2 is 2.00 bits per heavy atom. The van der Waals surface area contributed by atoms with E-state index < -0.39 is 54.4 Å². The van der Waals surface area contributed by atoms with Gasteiger partial charge in [-0.05, 0) is 25.0 Å². The molecule has 12 heteroatoms. The summed E-state index contributed by atoms with van der Waals surface area (Å²) >= 11 is 0. The van der Waals surface area contributed by atoms with Crippen molar-refractivity contribution in [1.29, 1.82) is 0 Å². The van der Waals surface area contributed by atoms with E-state index in [2.05, 4.69) is 15.5 Å². The van der Waals surface area contributed by atoms with Crippen LogP contribution in [0.1, 0.15) is 67.3 Å². The number of aromatic nitrogens is 2. The standard InChI is InChI=1S/C21H21F5N4O3/c1-2-21(25,26)20(32)27-14-5-3-4-6-15(14)30-9-12-11(19(30)31)7-10(8-13(12)22)17-28-29-18(33-17)16(23)24/h7-8,14-16H,2-6,9H2,1H3,(H,27,32)/t14-,15?/m1/s1. The van der Waals surface area contributed by atoms with Gasteiger partial charge in [-0.25, -0.2) is 4.39 Å². The van der Waals surface area contributed by atoms with Crippen molar-refractivity contribution in [1.82, 2.24) is 20.4 Å². The van der Waals surface area contributed by atoms with E-state index in [9.17, 15) is 31.5 Å². The minimum atomic E-state index is -3.53. The number of rotatable bonds is 6. The van der Waals surface area contributed by atoms with Crippen molar-refractivity contribution in [2.45, 2.75) is 70.0 Å². The second-order valence-corrected chi connectivity index (χ2v) is 8.15. The van der Waals surface area contributed by atoms with Crippen LogP contribution in [0.4, 0.5) is 22.0 Å². The van der Waals surface area contributed by atoms with Crippen LogP contribution >= 0.6 is 0 Å².